The van der Waals surface area contributed by atoms with E-state index in [-0.39, 0.29) is 6.04 Å². The Bertz CT molecular complexity index is 494. The molecule has 0 amide bonds. The SMILES string of the molecule is NNC(CSc1cccc(Br)c1)c1cncnc1. The zero-order valence-electron chi connectivity index (χ0n) is 9.58. The molecule has 94 valence electrons. The Morgan fingerprint density at radius 1 is 1.33 bits per heavy atom. The molecule has 0 bridgehead atoms. The van der Waals surface area contributed by atoms with Crippen molar-refractivity contribution in [3.63, 3.8) is 0 Å². The smallest absolute Gasteiger partial charge is 0.115 e. The van der Waals surface area contributed by atoms with Gasteiger partial charge < -0.3 is 0 Å². The summed E-state index contributed by atoms with van der Waals surface area (Å²) >= 11 is 5.19. The van der Waals surface area contributed by atoms with Crippen LogP contribution in [0.3, 0.4) is 0 Å². The first-order valence-electron chi connectivity index (χ1n) is 5.39. The lowest BCUT2D eigenvalue weighted by Gasteiger charge is -2.14. The van der Waals surface area contributed by atoms with Crippen molar-refractivity contribution in [1.29, 1.82) is 0 Å². The highest BCUT2D eigenvalue weighted by atomic mass is 79.9. The molecule has 0 spiro atoms. The predicted molar refractivity (Wildman–Crippen MR) is 77.0 cm³/mol. The zero-order valence-corrected chi connectivity index (χ0v) is 12.0. The Labute approximate surface area is 119 Å². The molecule has 2 aromatic rings. The Balaban J connectivity index is 2.00. The quantitative estimate of drug-likeness (QED) is 0.502. The molecule has 3 N–H and O–H groups in total. The number of nitrogens with zero attached hydrogens (tertiary/aromatic N) is 2. The number of hydrogen-bond acceptors (Lipinski definition) is 5. The van der Waals surface area contributed by atoms with Crippen LogP contribution in [0.2, 0.25) is 0 Å². The number of nitrogens with two attached hydrogens (primary N) is 1. The van der Waals surface area contributed by atoms with E-state index >= 15 is 0 Å². The number of aromatic nitrogens is 2. The number of benzene rings is 1. The number of nitrogens with one attached hydrogen (secondary N) is 1. The summed E-state index contributed by atoms with van der Waals surface area (Å²) in [5.41, 5.74) is 3.78. The molecule has 18 heavy (non-hydrogen) atoms. The van der Waals surface area contributed by atoms with Crippen LogP contribution < -0.4 is 11.3 Å². The monoisotopic (exact) mass is 324 g/mol. The van der Waals surface area contributed by atoms with Crippen LogP contribution in [-0.4, -0.2) is 15.7 Å². The molecule has 0 aliphatic heterocycles. The van der Waals surface area contributed by atoms with E-state index in [2.05, 4.69) is 43.5 Å². The topological polar surface area (TPSA) is 63.8 Å². The van der Waals surface area contributed by atoms with Crippen molar-refractivity contribution >= 4 is 27.7 Å². The van der Waals surface area contributed by atoms with Crippen LogP contribution >= 0.6 is 27.7 Å². The van der Waals surface area contributed by atoms with Gasteiger partial charge in [-0.1, -0.05) is 22.0 Å². The van der Waals surface area contributed by atoms with Crippen molar-refractivity contribution in [1.82, 2.24) is 15.4 Å². The first-order valence-corrected chi connectivity index (χ1v) is 7.17. The fourth-order valence-corrected chi connectivity index (χ4v) is 3.05. The molecule has 1 unspecified atom stereocenters. The molecule has 1 aromatic heterocycles. The number of halogens is 1. The van der Waals surface area contributed by atoms with Gasteiger partial charge in [-0.05, 0) is 18.2 Å². The molecule has 0 aliphatic rings. The minimum atomic E-state index is 0.0372. The molecule has 2 rings (SSSR count). The highest BCUT2D eigenvalue weighted by Crippen LogP contribution is 2.25. The lowest BCUT2D eigenvalue weighted by atomic mass is 10.2. The van der Waals surface area contributed by atoms with Gasteiger partial charge in [0.05, 0.1) is 6.04 Å². The Morgan fingerprint density at radius 2 is 2.11 bits per heavy atom. The molecule has 0 saturated heterocycles. The average Bonchev–Trinajstić information content (AvgIpc) is 2.41. The van der Waals surface area contributed by atoms with Crippen LogP contribution in [0.1, 0.15) is 11.6 Å². The third kappa shape index (κ3) is 3.78. The Kier molecular flexibility index (Phi) is 5.12. The number of thioether (sulfide) groups is 1. The molecule has 0 saturated carbocycles. The fraction of sp³-hybridized carbons (Fsp3) is 0.167. The van der Waals surface area contributed by atoms with Crippen molar-refractivity contribution in [2.45, 2.75) is 10.9 Å². The molecule has 1 heterocycles. The first-order chi connectivity index (χ1) is 8.79. The summed E-state index contributed by atoms with van der Waals surface area (Å²) in [5.74, 6) is 6.39. The van der Waals surface area contributed by atoms with Crippen molar-refractivity contribution in [3.8, 4) is 0 Å². The third-order valence-corrected chi connectivity index (χ3v) is 3.98. The summed E-state index contributed by atoms with van der Waals surface area (Å²) < 4.78 is 1.08. The van der Waals surface area contributed by atoms with Crippen molar-refractivity contribution in [2.75, 3.05) is 5.75 Å². The van der Waals surface area contributed by atoms with E-state index in [1.807, 2.05) is 12.1 Å². The van der Waals surface area contributed by atoms with Gasteiger partial charge in [0.2, 0.25) is 0 Å². The molecule has 0 fully saturated rings. The average molecular weight is 325 g/mol. The maximum atomic E-state index is 5.57. The second kappa shape index (κ2) is 6.84. The molecule has 4 nitrogen and oxygen atoms in total. The molecule has 1 aromatic carbocycles. The number of hydrogen-bond donors (Lipinski definition) is 2. The van der Waals surface area contributed by atoms with Crippen LogP contribution in [-0.2, 0) is 0 Å². The van der Waals surface area contributed by atoms with Crippen LogP contribution in [0.15, 0.2) is 52.4 Å². The minimum absolute atomic E-state index is 0.0372. The summed E-state index contributed by atoms with van der Waals surface area (Å²) in [6, 6.07) is 8.22. The van der Waals surface area contributed by atoms with Gasteiger partial charge in [0.15, 0.2) is 0 Å². The maximum Gasteiger partial charge on any atom is 0.115 e. The van der Waals surface area contributed by atoms with Gasteiger partial charge in [-0.15, -0.1) is 11.8 Å². The summed E-state index contributed by atoms with van der Waals surface area (Å²) in [7, 11) is 0. The molecular formula is C12H13BrN4S. The van der Waals surface area contributed by atoms with Crippen LogP contribution in [0, 0.1) is 0 Å². The van der Waals surface area contributed by atoms with Crippen LogP contribution in [0.4, 0.5) is 0 Å². The van der Waals surface area contributed by atoms with Crippen LogP contribution in [0.25, 0.3) is 0 Å². The molecule has 6 heteroatoms. The zero-order chi connectivity index (χ0) is 12.8. The molecule has 0 radical (unpaired) electrons. The number of hydrazine groups is 1. The van der Waals surface area contributed by atoms with E-state index in [1.54, 1.807) is 24.2 Å². The van der Waals surface area contributed by atoms with Gasteiger partial charge in [-0.2, -0.15) is 0 Å². The van der Waals surface area contributed by atoms with Gasteiger partial charge in [0.1, 0.15) is 6.33 Å². The lowest BCUT2D eigenvalue weighted by molar-refractivity contribution is 0.606. The van der Waals surface area contributed by atoms with Gasteiger partial charge in [0, 0.05) is 33.1 Å². The maximum absolute atomic E-state index is 5.57. The highest BCUT2D eigenvalue weighted by molar-refractivity contribution is 9.10. The third-order valence-electron chi connectivity index (χ3n) is 2.40. The second-order valence-electron chi connectivity index (χ2n) is 3.66. The predicted octanol–water partition coefficient (Wildman–Crippen LogP) is 2.54. The van der Waals surface area contributed by atoms with E-state index in [0.717, 1.165) is 15.8 Å². The van der Waals surface area contributed by atoms with Gasteiger partial charge in [-0.25, -0.2) is 9.97 Å². The minimum Gasteiger partial charge on any atom is -0.271 e. The summed E-state index contributed by atoms with van der Waals surface area (Å²) in [6.45, 7) is 0. The van der Waals surface area contributed by atoms with E-state index < -0.39 is 0 Å². The summed E-state index contributed by atoms with van der Waals surface area (Å²) in [5, 5.41) is 0. The van der Waals surface area contributed by atoms with Gasteiger partial charge >= 0.3 is 0 Å². The van der Waals surface area contributed by atoms with Crippen LogP contribution in [0.5, 0.6) is 0 Å². The fourth-order valence-electron chi connectivity index (χ4n) is 1.47. The normalized spacial score (nSPS) is 12.3. The van der Waals surface area contributed by atoms with E-state index in [0.29, 0.717) is 0 Å². The first kappa shape index (κ1) is 13.5. The van der Waals surface area contributed by atoms with Gasteiger partial charge in [0.25, 0.3) is 0 Å². The van der Waals surface area contributed by atoms with Crippen molar-refractivity contribution in [3.05, 3.63) is 53.0 Å². The van der Waals surface area contributed by atoms with E-state index in [9.17, 15) is 0 Å². The highest BCUT2D eigenvalue weighted by Gasteiger charge is 2.10. The largest absolute Gasteiger partial charge is 0.271 e. The standard InChI is InChI=1S/C12H13BrN4S/c13-10-2-1-3-11(4-10)18-7-12(17-14)9-5-15-8-16-6-9/h1-6,8,12,17H,7,14H2. The number of rotatable bonds is 5. The second-order valence-corrected chi connectivity index (χ2v) is 5.67. The van der Waals surface area contributed by atoms with Crippen molar-refractivity contribution < 1.29 is 0 Å². The Morgan fingerprint density at radius 3 is 2.78 bits per heavy atom. The lowest BCUT2D eigenvalue weighted by Crippen LogP contribution is -2.29. The van der Waals surface area contributed by atoms with Gasteiger partial charge in [-0.3, -0.25) is 11.3 Å². The van der Waals surface area contributed by atoms with E-state index in [1.165, 1.54) is 11.2 Å². The molecular weight excluding hydrogens is 312 g/mol. The summed E-state index contributed by atoms with van der Waals surface area (Å²) in [6.07, 6.45) is 5.07. The molecule has 1 atom stereocenters. The molecule has 0 aliphatic carbocycles. The van der Waals surface area contributed by atoms with Crippen molar-refractivity contribution in [2.24, 2.45) is 5.84 Å². The van der Waals surface area contributed by atoms with E-state index in [4.69, 9.17) is 5.84 Å². The Hall–Kier alpha value is -0.950. The summed E-state index contributed by atoms with van der Waals surface area (Å²) in [4.78, 5) is 9.19.